The summed E-state index contributed by atoms with van der Waals surface area (Å²) in [6.07, 6.45) is 6.96. The molecule has 2 heterocycles. The monoisotopic (exact) mass is 308 g/mol. The smallest absolute Gasteiger partial charge is 0.230 e. The van der Waals surface area contributed by atoms with Gasteiger partial charge >= 0.3 is 0 Å². The van der Waals surface area contributed by atoms with E-state index in [9.17, 15) is 4.79 Å². The third kappa shape index (κ3) is 5.53. The van der Waals surface area contributed by atoms with Crippen LogP contribution in [0.15, 0.2) is 18.5 Å². The standard InChI is InChI=1S/C15H24N4OS/c1-2-9-21-12-14(20)18-10-13-5-3-8-19(11-13)15-16-6-4-7-17-15/h4,6-7,13H,2-3,5,8-12H2,1H3,(H,18,20). The van der Waals surface area contributed by atoms with E-state index in [0.29, 0.717) is 11.7 Å². The average Bonchev–Trinajstić information content (AvgIpc) is 2.54. The fraction of sp³-hybridized carbons (Fsp3) is 0.667. The van der Waals surface area contributed by atoms with Crippen LogP contribution in [0, 0.1) is 5.92 Å². The van der Waals surface area contributed by atoms with Crippen molar-refractivity contribution in [3.8, 4) is 0 Å². The molecule has 5 nitrogen and oxygen atoms in total. The largest absolute Gasteiger partial charge is 0.355 e. The summed E-state index contributed by atoms with van der Waals surface area (Å²) in [4.78, 5) is 22.6. The summed E-state index contributed by atoms with van der Waals surface area (Å²) in [5.41, 5.74) is 0. The quantitative estimate of drug-likeness (QED) is 0.780. The highest BCUT2D eigenvalue weighted by molar-refractivity contribution is 7.99. The zero-order chi connectivity index (χ0) is 14.9. The molecule has 1 aliphatic heterocycles. The summed E-state index contributed by atoms with van der Waals surface area (Å²) in [6, 6.07) is 1.83. The number of carbonyl (C=O) groups excluding carboxylic acids is 1. The van der Waals surface area contributed by atoms with Gasteiger partial charge in [0.15, 0.2) is 0 Å². The van der Waals surface area contributed by atoms with Crippen LogP contribution in [0.2, 0.25) is 0 Å². The Morgan fingerprint density at radius 3 is 3.05 bits per heavy atom. The lowest BCUT2D eigenvalue weighted by Crippen LogP contribution is -2.42. The predicted molar refractivity (Wildman–Crippen MR) is 87.6 cm³/mol. The fourth-order valence-corrected chi connectivity index (χ4v) is 3.21. The van der Waals surface area contributed by atoms with Crippen molar-refractivity contribution in [2.45, 2.75) is 26.2 Å². The van der Waals surface area contributed by atoms with Crippen LogP contribution in [-0.2, 0) is 4.79 Å². The number of amides is 1. The van der Waals surface area contributed by atoms with Crippen molar-refractivity contribution in [2.24, 2.45) is 5.92 Å². The van der Waals surface area contributed by atoms with Crippen LogP contribution in [-0.4, -0.2) is 47.0 Å². The van der Waals surface area contributed by atoms with Crippen molar-refractivity contribution in [2.75, 3.05) is 36.0 Å². The van der Waals surface area contributed by atoms with Gasteiger partial charge in [0, 0.05) is 32.0 Å². The second-order valence-corrected chi connectivity index (χ2v) is 6.46. The highest BCUT2D eigenvalue weighted by Gasteiger charge is 2.21. The number of anilines is 1. The number of hydrogen-bond acceptors (Lipinski definition) is 5. The molecule has 1 unspecified atom stereocenters. The number of thioether (sulfide) groups is 1. The summed E-state index contributed by atoms with van der Waals surface area (Å²) >= 11 is 1.70. The average molecular weight is 308 g/mol. The molecule has 1 fully saturated rings. The van der Waals surface area contributed by atoms with Gasteiger partial charge in [-0.15, -0.1) is 0 Å². The third-order valence-corrected chi connectivity index (χ3v) is 4.69. The normalized spacial score (nSPS) is 18.5. The maximum absolute atomic E-state index is 11.7. The van der Waals surface area contributed by atoms with Crippen LogP contribution in [0.3, 0.4) is 0 Å². The van der Waals surface area contributed by atoms with Gasteiger partial charge in [-0.3, -0.25) is 4.79 Å². The molecule has 116 valence electrons. The van der Waals surface area contributed by atoms with Crippen LogP contribution >= 0.6 is 11.8 Å². The maximum Gasteiger partial charge on any atom is 0.230 e. The van der Waals surface area contributed by atoms with E-state index < -0.39 is 0 Å². The Morgan fingerprint density at radius 1 is 1.48 bits per heavy atom. The van der Waals surface area contributed by atoms with E-state index in [-0.39, 0.29) is 5.91 Å². The van der Waals surface area contributed by atoms with Gasteiger partial charge in [-0.05, 0) is 37.0 Å². The van der Waals surface area contributed by atoms with Crippen molar-refractivity contribution in [3.05, 3.63) is 18.5 Å². The first kappa shape index (κ1) is 16.1. The molecule has 21 heavy (non-hydrogen) atoms. The molecule has 0 aromatic carbocycles. The van der Waals surface area contributed by atoms with E-state index in [0.717, 1.165) is 50.6 Å². The fourth-order valence-electron chi connectivity index (χ4n) is 2.49. The first-order valence-electron chi connectivity index (χ1n) is 7.66. The molecule has 1 aliphatic rings. The van der Waals surface area contributed by atoms with Crippen LogP contribution in [0.4, 0.5) is 5.95 Å². The molecular formula is C15H24N4OS. The molecule has 0 saturated carbocycles. The summed E-state index contributed by atoms with van der Waals surface area (Å²) < 4.78 is 0. The number of nitrogens with zero attached hydrogens (tertiary/aromatic N) is 3. The minimum atomic E-state index is 0.154. The lowest BCUT2D eigenvalue weighted by Gasteiger charge is -2.32. The molecule has 6 heteroatoms. The van der Waals surface area contributed by atoms with E-state index in [2.05, 4.69) is 27.1 Å². The molecule has 0 radical (unpaired) electrons. The molecule has 1 N–H and O–H groups in total. The van der Waals surface area contributed by atoms with Crippen molar-refractivity contribution in [3.63, 3.8) is 0 Å². The van der Waals surface area contributed by atoms with Gasteiger partial charge in [-0.2, -0.15) is 11.8 Å². The molecule has 1 atom stereocenters. The Morgan fingerprint density at radius 2 is 2.29 bits per heavy atom. The summed E-state index contributed by atoms with van der Waals surface area (Å²) in [7, 11) is 0. The highest BCUT2D eigenvalue weighted by Crippen LogP contribution is 2.19. The molecule has 0 aliphatic carbocycles. The van der Waals surface area contributed by atoms with E-state index in [4.69, 9.17) is 0 Å². The predicted octanol–water partition coefficient (Wildman–Crippen LogP) is 1.95. The first-order valence-corrected chi connectivity index (χ1v) is 8.81. The highest BCUT2D eigenvalue weighted by atomic mass is 32.2. The number of rotatable bonds is 7. The topological polar surface area (TPSA) is 58.1 Å². The summed E-state index contributed by atoms with van der Waals surface area (Å²) in [6.45, 7) is 4.81. The molecule has 0 bridgehead atoms. The number of carbonyl (C=O) groups is 1. The van der Waals surface area contributed by atoms with Crippen molar-refractivity contribution < 1.29 is 4.79 Å². The van der Waals surface area contributed by atoms with Gasteiger partial charge in [0.2, 0.25) is 11.9 Å². The van der Waals surface area contributed by atoms with Gasteiger partial charge in [0.1, 0.15) is 0 Å². The molecular weight excluding hydrogens is 284 g/mol. The molecule has 1 aromatic heterocycles. The molecule has 1 aromatic rings. The second kappa shape index (κ2) is 8.87. The summed E-state index contributed by atoms with van der Waals surface area (Å²) in [5, 5.41) is 3.06. The Hall–Kier alpha value is -1.30. The Bertz CT molecular complexity index is 429. The lowest BCUT2D eigenvalue weighted by atomic mass is 9.98. The van der Waals surface area contributed by atoms with Gasteiger partial charge in [0.05, 0.1) is 5.75 Å². The number of aromatic nitrogens is 2. The molecule has 2 rings (SSSR count). The van der Waals surface area contributed by atoms with Crippen molar-refractivity contribution in [1.82, 2.24) is 15.3 Å². The Kier molecular flexibility index (Phi) is 6.79. The molecule has 1 saturated heterocycles. The number of piperidine rings is 1. The third-order valence-electron chi connectivity index (χ3n) is 3.52. The minimum absolute atomic E-state index is 0.154. The van der Waals surface area contributed by atoms with Crippen LogP contribution < -0.4 is 10.2 Å². The Balaban J connectivity index is 1.73. The number of nitrogens with one attached hydrogen (secondary N) is 1. The number of hydrogen-bond donors (Lipinski definition) is 1. The Labute approximate surface area is 130 Å². The van der Waals surface area contributed by atoms with Crippen molar-refractivity contribution >= 4 is 23.6 Å². The van der Waals surface area contributed by atoms with Crippen molar-refractivity contribution in [1.29, 1.82) is 0 Å². The zero-order valence-corrected chi connectivity index (χ0v) is 13.4. The SMILES string of the molecule is CCCSCC(=O)NCC1CCCN(c2ncccn2)C1. The second-order valence-electron chi connectivity index (χ2n) is 5.36. The van der Waals surface area contributed by atoms with E-state index in [1.165, 1.54) is 0 Å². The van der Waals surface area contributed by atoms with Gasteiger partial charge in [-0.25, -0.2) is 9.97 Å². The van der Waals surface area contributed by atoms with Gasteiger partial charge < -0.3 is 10.2 Å². The van der Waals surface area contributed by atoms with Gasteiger partial charge in [0.25, 0.3) is 0 Å². The van der Waals surface area contributed by atoms with E-state index in [1.54, 1.807) is 24.2 Å². The van der Waals surface area contributed by atoms with Gasteiger partial charge in [-0.1, -0.05) is 6.92 Å². The van der Waals surface area contributed by atoms with E-state index in [1.807, 2.05) is 6.07 Å². The zero-order valence-electron chi connectivity index (χ0n) is 12.6. The first-order chi connectivity index (χ1) is 10.3. The van der Waals surface area contributed by atoms with Crippen LogP contribution in [0.1, 0.15) is 26.2 Å². The summed E-state index contributed by atoms with van der Waals surface area (Å²) in [5.74, 6) is 3.07. The minimum Gasteiger partial charge on any atom is -0.355 e. The van der Waals surface area contributed by atoms with Crippen LogP contribution in [0.25, 0.3) is 0 Å². The molecule has 1 amide bonds. The lowest BCUT2D eigenvalue weighted by molar-refractivity contribution is -0.118. The maximum atomic E-state index is 11.7. The van der Waals surface area contributed by atoms with E-state index >= 15 is 0 Å². The van der Waals surface area contributed by atoms with Crippen LogP contribution in [0.5, 0.6) is 0 Å². The molecule has 0 spiro atoms.